The predicted molar refractivity (Wildman–Crippen MR) is 112 cm³/mol. The second-order valence-corrected chi connectivity index (χ2v) is 9.59. The molecular weight excluding hydrogens is 444 g/mol. The first-order valence-electron chi connectivity index (χ1n) is 9.00. The van der Waals surface area contributed by atoms with Crippen LogP contribution in [0.4, 0.5) is 5.69 Å². The van der Waals surface area contributed by atoms with E-state index in [2.05, 4.69) is 20.7 Å². The van der Waals surface area contributed by atoms with Crippen LogP contribution in [0.2, 0.25) is 0 Å². The first-order chi connectivity index (χ1) is 13.2. The molecule has 28 heavy (non-hydrogen) atoms. The van der Waals surface area contributed by atoms with Crippen molar-refractivity contribution in [1.29, 1.82) is 0 Å². The van der Waals surface area contributed by atoms with Crippen molar-refractivity contribution in [3.8, 4) is 0 Å². The van der Waals surface area contributed by atoms with Gasteiger partial charge in [-0.15, -0.1) is 0 Å². The van der Waals surface area contributed by atoms with Gasteiger partial charge in [-0.25, -0.2) is 8.42 Å². The Morgan fingerprint density at radius 3 is 2.46 bits per heavy atom. The third-order valence-corrected chi connectivity index (χ3v) is 6.55. The number of aryl methyl sites for hydroxylation is 1. The zero-order valence-electron chi connectivity index (χ0n) is 16.0. The third kappa shape index (κ3) is 4.56. The van der Waals surface area contributed by atoms with Crippen molar-refractivity contribution in [2.24, 2.45) is 0 Å². The summed E-state index contributed by atoms with van der Waals surface area (Å²) in [6.07, 6.45) is -0.137. The van der Waals surface area contributed by atoms with Crippen LogP contribution in [0.3, 0.4) is 0 Å². The molecule has 6 nitrogen and oxygen atoms in total. The number of carbonyl (C=O) groups excluding carboxylic acids is 1. The van der Waals surface area contributed by atoms with E-state index in [4.69, 9.17) is 4.74 Å². The molecule has 2 aromatic rings. The van der Waals surface area contributed by atoms with Crippen molar-refractivity contribution in [2.45, 2.75) is 37.9 Å². The van der Waals surface area contributed by atoms with Gasteiger partial charge in [0.15, 0.2) is 0 Å². The van der Waals surface area contributed by atoms with Gasteiger partial charge in [0.05, 0.1) is 28.4 Å². The third-order valence-electron chi connectivity index (χ3n) is 4.55. The molecule has 150 valence electrons. The number of carbonyl (C=O) groups is 1. The highest BCUT2D eigenvalue weighted by molar-refractivity contribution is 9.10. The van der Waals surface area contributed by atoms with Gasteiger partial charge < -0.3 is 9.64 Å². The quantitative estimate of drug-likeness (QED) is 0.742. The molecule has 0 saturated carbocycles. The number of rotatable bonds is 4. The largest absolute Gasteiger partial charge is 0.372 e. The monoisotopic (exact) mass is 466 g/mol. The summed E-state index contributed by atoms with van der Waals surface area (Å²) in [4.78, 5) is 15.0. The number of nitrogens with zero attached hydrogens (tertiary/aromatic N) is 1. The minimum Gasteiger partial charge on any atom is -0.372 e. The average Bonchev–Trinajstić information content (AvgIpc) is 2.62. The topological polar surface area (TPSA) is 75.7 Å². The van der Waals surface area contributed by atoms with Gasteiger partial charge >= 0.3 is 0 Å². The van der Waals surface area contributed by atoms with Crippen LogP contribution in [0.5, 0.6) is 0 Å². The summed E-state index contributed by atoms with van der Waals surface area (Å²) in [6.45, 7) is 6.50. The first kappa shape index (κ1) is 20.8. The number of sulfonamides is 1. The number of anilines is 1. The van der Waals surface area contributed by atoms with E-state index < -0.39 is 10.0 Å². The Balaban J connectivity index is 1.92. The van der Waals surface area contributed by atoms with Gasteiger partial charge in [-0.2, -0.15) is 0 Å². The van der Waals surface area contributed by atoms with Crippen LogP contribution in [0.1, 0.15) is 29.8 Å². The van der Waals surface area contributed by atoms with Crippen LogP contribution in [-0.2, 0) is 14.8 Å². The number of nitrogens with one attached hydrogen (secondary N) is 1. The van der Waals surface area contributed by atoms with Gasteiger partial charge in [-0.1, -0.05) is 34.1 Å². The van der Waals surface area contributed by atoms with Gasteiger partial charge in [-0.05, 0) is 50.6 Å². The Hall–Kier alpha value is -1.90. The lowest BCUT2D eigenvalue weighted by molar-refractivity contribution is -0.0585. The number of amides is 1. The Labute approximate surface area is 174 Å². The summed E-state index contributed by atoms with van der Waals surface area (Å²) in [5, 5.41) is 0. The van der Waals surface area contributed by atoms with E-state index in [1.165, 1.54) is 0 Å². The Morgan fingerprint density at radius 2 is 1.79 bits per heavy atom. The molecule has 1 amide bonds. The lowest BCUT2D eigenvalue weighted by atomic mass is 10.1. The summed E-state index contributed by atoms with van der Waals surface area (Å²) < 4.78 is 34.8. The van der Waals surface area contributed by atoms with E-state index in [0.717, 1.165) is 0 Å². The smallest absolute Gasteiger partial charge is 0.262 e. The normalized spacial score (nSPS) is 20.1. The zero-order chi connectivity index (χ0) is 20.5. The van der Waals surface area contributed by atoms with Gasteiger partial charge in [0.2, 0.25) is 0 Å². The fraction of sp³-hybridized carbons (Fsp3) is 0.350. The second-order valence-electron chi connectivity index (χ2n) is 7.03. The molecule has 0 unspecified atom stereocenters. The van der Waals surface area contributed by atoms with E-state index in [0.29, 0.717) is 28.7 Å². The summed E-state index contributed by atoms with van der Waals surface area (Å²) in [5.74, 6) is -0.216. The SMILES string of the molecule is Cc1ccc(Br)cc1S(=O)(=O)Nc1ccccc1C(=O)N1C[C@@H](C)O[C@@H](C)C1. The summed E-state index contributed by atoms with van der Waals surface area (Å²) in [5.41, 5.74) is 1.20. The molecule has 1 aliphatic heterocycles. The predicted octanol–water partition coefficient (Wildman–Crippen LogP) is 3.81. The average molecular weight is 467 g/mol. The van der Waals surface area contributed by atoms with Gasteiger partial charge in [0.1, 0.15) is 0 Å². The number of morpholine rings is 1. The number of hydrogen-bond donors (Lipinski definition) is 1. The van der Waals surface area contributed by atoms with Gasteiger partial charge in [0, 0.05) is 17.6 Å². The molecule has 1 saturated heterocycles. The molecule has 2 aromatic carbocycles. The molecule has 0 bridgehead atoms. The second kappa shape index (κ2) is 8.23. The van der Waals surface area contributed by atoms with Crippen molar-refractivity contribution in [3.63, 3.8) is 0 Å². The molecule has 2 atom stereocenters. The zero-order valence-corrected chi connectivity index (χ0v) is 18.4. The highest BCUT2D eigenvalue weighted by Gasteiger charge is 2.28. The van der Waals surface area contributed by atoms with Crippen LogP contribution in [0.15, 0.2) is 51.8 Å². The van der Waals surface area contributed by atoms with Crippen LogP contribution in [-0.4, -0.2) is 44.5 Å². The maximum atomic E-state index is 13.1. The fourth-order valence-corrected chi connectivity index (χ4v) is 5.20. The van der Waals surface area contributed by atoms with Crippen LogP contribution in [0.25, 0.3) is 0 Å². The van der Waals surface area contributed by atoms with Crippen LogP contribution < -0.4 is 4.72 Å². The van der Waals surface area contributed by atoms with Crippen molar-refractivity contribution < 1.29 is 17.9 Å². The Bertz CT molecular complexity index is 983. The van der Waals surface area contributed by atoms with E-state index in [-0.39, 0.29) is 28.7 Å². The van der Waals surface area contributed by atoms with Crippen molar-refractivity contribution in [2.75, 3.05) is 17.8 Å². The standard InChI is InChI=1S/C20H23BrN2O4S/c1-13-8-9-16(21)10-19(13)28(25,26)22-18-7-5-4-6-17(18)20(24)23-11-14(2)27-15(3)12-23/h4-10,14-15,22H,11-12H2,1-3H3/t14-,15+. The van der Waals surface area contributed by atoms with E-state index >= 15 is 0 Å². The summed E-state index contributed by atoms with van der Waals surface area (Å²) >= 11 is 3.31. The minimum atomic E-state index is -3.85. The Morgan fingerprint density at radius 1 is 1.14 bits per heavy atom. The number of para-hydroxylation sites is 1. The molecule has 1 heterocycles. The number of halogens is 1. The van der Waals surface area contributed by atoms with Crippen LogP contribution in [0, 0.1) is 6.92 Å². The molecule has 1 aliphatic rings. The van der Waals surface area contributed by atoms with E-state index in [1.807, 2.05) is 13.8 Å². The van der Waals surface area contributed by atoms with Crippen molar-refractivity contribution >= 4 is 37.5 Å². The fourth-order valence-electron chi connectivity index (χ4n) is 3.34. The highest BCUT2D eigenvalue weighted by atomic mass is 79.9. The number of benzene rings is 2. The van der Waals surface area contributed by atoms with Crippen LogP contribution >= 0.6 is 15.9 Å². The molecule has 1 N–H and O–H groups in total. The summed E-state index contributed by atoms with van der Waals surface area (Å²) in [7, 11) is -3.85. The van der Waals surface area contributed by atoms with Gasteiger partial charge in [-0.3, -0.25) is 9.52 Å². The molecule has 0 spiro atoms. The maximum Gasteiger partial charge on any atom is 0.262 e. The molecule has 0 radical (unpaired) electrons. The Kier molecular flexibility index (Phi) is 6.12. The molecular formula is C20H23BrN2O4S. The molecule has 0 aliphatic carbocycles. The molecule has 3 rings (SSSR count). The van der Waals surface area contributed by atoms with Crippen molar-refractivity contribution in [3.05, 3.63) is 58.1 Å². The summed E-state index contributed by atoms with van der Waals surface area (Å²) in [6, 6.07) is 11.7. The van der Waals surface area contributed by atoms with Crippen molar-refractivity contribution in [1.82, 2.24) is 4.90 Å². The van der Waals surface area contributed by atoms with E-state index in [9.17, 15) is 13.2 Å². The van der Waals surface area contributed by atoms with E-state index in [1.54, 1.807) is 54.3 Å². The first-order valence-corrected chi connectivity index (χ1v) is 11.3. The number of ether oxygens (including phenoxy) is 1. The number of hydrogen-bond acceptors (Lipinski definition) is 4. The minimum absolute atomic E-state index is 0.0686. The molecule has 0 aromatic heterocycles. The molecule has 8 heteroatoms. The van der Waals surface area contributed by atoms with Gasteiger partial charge in [0.25, 0.3) is 15.9 Å². The lowest BCUT2D eigenvalue weighted by Crippen LogP contribution is -2.48. The lowest BCUT2D eigenvalue weighted by Gasteiger charge is -2.35. The maximum absolute atomic E-state index is 13.1. The molecule has 1 fully saturated rings. The highest BCUT2D eigenvalue weighted by Crippen LogP contribution is 2.26.